The third-order valence-electron chi connectivity index (χ3n) is 3.87. The molecule has 0 aliphatic rings. The molecule has 2 N–H and O–H groups in total. The van der Waals surface area contributed by atoms with Crippen molar-refractivity contribution in [2.45, 2.75) is 10.6 Å². The first-order valence-electron chi connectivity index (χ1n) is 8.71. The molecule has 0 spiro atoms. The van der Waals surface area contributed by atoms with Gasteiger partial charge in [0.2, 0.25) is 0 Å². The number of hydrogen-bond donors (Lipinski definition) is 2. The molecular formula is C20H19ClN2O4S2. The first-order valence-corrected chi connectivity index (χ1v) is 11.7. The summed E-state index contributed by atoms with van der Waals surface area (Å²) in [6.07, 6.45) is 1.62. The van der Waals surface area contributed by atoms with Crippen LogP contribution in [0.25, 0.3) is 0 Å². The molecule has 29 heavy (non-hydrogen) atoms. The fraction of sp³-hybridized carbons (Fsp3) is 0.150. The molecule has 0 saturated carbocycles. The van der Waals surface area contributed by atoms with Crippen molar-refractivity contribution in [3.63, 3.8) is 0 Å². The van der Waals surface area contributed by atoms with E-state index in [2.05, 4.69) is 10.0 Å². The van der Waals surface area contributed by atoms with Crippen molar-refractivity contribution in [1.82, 2.24) is 5.32 Å². The zero-order valence-electron chi connectivity index (χ0n) is 15.3. The maximum Gasteiger partial charge on any atom is 0.263 e. The van der Waals surface area contributed by atoms with Gasteiger partial charge in [0.05, 0.1) is 17.0 Å². The molecule has 0 saturated heterocycles. The molecule has 3 aromatic rings. The largest absolute Gasteiger partial charge is 0.468 e. The van der Waals surface area contributed by atoms with E-state index in [1.807, 2.05) is 12.1 Å². The molecular weight excluding hydrogens is 432 g/mol. The third-order valence-corrected chi connectivity index (χ3v) is 6.71. The highest BCUT2D eigenvalue weighted by Crippen LogP contribution is 2.25. The first kappa shape index (κ1) is 21.3. The number of carbonyl (C=O) groups is 1. The number of rotatable bonds is 9. The second kappa shape index (κ2) is 9.87. The highest BCUT2D eigenvalue weighted by molar-refractivity contribution is 7.98. The van der Waals surface area contributed by atoms with Gasteiger partial charge in [-0.2, -0.15) is 11.8 Å². The minimum absolute atomic E-state index is 0.0407. The summed E-state index contributed by atoms with van der Waals surface area (Å²) >= 11 is 7.71. The lowest BCUT2D eigenvalue weighted by molar-refractivity contribution is 0.0956. The number of para-hydroxylation sites is 1. The fourth-order valence-corrected chi connectivity index (χ4v) is 4.81. The standard InChI is InChI=1S/C20H19ClN2O4S2/c21-18-9-8-15(20(24)22-10-12-28-14-17-7-4-11-27-17)13-19(18)29(25,26)23-16-5-2-1-3-6-16/h1-9,11,13,23H,10,12,14H2,(H,22,24). The molecule has 0 atom stereocenters. The van der Waals surface area contributed by atoms with E-state index in [0.29, 0.717) is 18.0 Å². The number of benzene rings is 2. The normalized spacial score (nSPS) is 11.2. The van der Waals surface area contributed by atoms with E-state index in [4.69, 9.17) is 16.0 Å². The average Bonchev–Trinajstić information content (AvgIpc) is 3.21. The van der Waals surface area contributed by atoms with Gasteiger partial charge in [-0.05, 0) is 42.5 Å². The van der Waals surface area contributed by atoms with Gasteiger partial charge in [0.15, 0.2) is 0 Å². The van der Waals surface area contributed by atoms with Crippen LogP contribution < -0.4 is 10.0 Å². The van der Waals surface area contributed by atoms with Gasteiger partial charge in [0.1, 0.15) is 10.7 Å². The lowest BCUT2D eigenvalue weighted by atomic mass is 10.2. The molecule has 152 valence electrons. The van der Waals surface area contributed by atoms with Crippen LogP contribution in [0.3, 0.4) is 0 Å². The van der Waals surface area contributed by atoms with E-state index < -0.39 is 10.0 Å². The fourth-order valence-electron chi connectivity index (χ4n) is 2.47. The highest BCUT2D eigenvalue weighted by Gasteiger charge is 2.20. The molecule has 1 amide bonds. The Morgan fingerprint density at radius 1 is 1.07 bits per heavy atom. The van der Waals surface area contributed by atoms with Gasteiger partial charge in [-0.25, -0.2) is 8.42 Å². The lowest BCUT2D eigenvalue weighted by Gasteiger charge is -2.11. The molecule has 0 unspecified atom stereocenters. The number of thioether (sulfide) groups is 1. The van der Waals surface area contributed by atoms with Crippen molar-refractivity contribution >= 4 is 45.0 Å². The first-order chi connectivity index (χ1) is 14.0. The zero-order valence-corrected chi connectivity index (χ0v) is 17.7. The number of nitrogens with one attached hydrogen (secondary N) is 2. The van der Waals surface area contributed by atoms with Crippen LogP contribution in [-0.4, -0.2) is 26.6 Å². The number of anilines is 1. The summed E-state index contributed by atoms with van der Waals surface area (Å²) in [4.78, 5) is 12.2. The Bertz CT molecular complexity index is 1060. The smallest absolute Gasteiger partial charge is 0.263 e. The highest BCUT2D eigenvalue weighted by atomic mass is 35.5. The summed E-state index contributed by atoms with van der Waals surface area (Å²) in [5.74, 6) is 1.93. The SMILES string of the molecule is O=C(NCCSCc1ccco1)c1ccc(Cl)c(S(=O)(=O)Nc2ccccc2)c1. The van der Waals surface area contributed by atoms with E-state index >= 15 is 0 Å². The van der Waals surface area contributed by atoms with Crippen molar-refractivity contribution in [3.05, 3.63) is 83.3 Å². The zero-order chi connectivity index (χ0) is 20.7. The maximum atomic E-state index is 12.7. The van der Waals surface area contributed by atoms with Crippen LogP contribution in [0.5, 0.6) is 0 Å². The van der Waals surface area contributed by atoms with Gasteiger partial charge in [-0.15, -0.1) is 0 Å². The molecule has 0 aliphatic heterocycles. The van der Waals surface area contributed by atoms with Gasteiger partial charge < -0.3 is 9.73 Å². The summed E-state index contributed by atoms with van der Waals surface area (Å²) in [6.45, 7) is 0.442. The third kappa shape index (κ3) is 6.03. The Morgan fingerprint density at radius 3 is 2.59 bits per heavy atom. The second-order valence-electron chi connectivity index (χ2n) is 6.00. The van der Waals surface area contributed by atoms with Crippen LogP contribution in [0, 0.1) is 0 Å². The van der Waals surface area contributed by atoms with Gasteiger partial charge in [0.25, 0.3) is 15.9 Å². The number of carbonyl (C=O) groups excluding carboxylic acids is 1. The Labute approximate surface area is 178 Å². The Kier molecular flexibility index (Phi) is 7.24. The van der Waals surface area contributed by atoms with Gasteiger partial charge in [0, 0.05) is 23.5 Å². The van der Waals surface area contributed by atoms with Crippen LogP contribution >= 0.6 is 23.4 Å². The van der Waals surface area contributed by atoms with Gasteiger partial charge in [-0.3, -0.25) is 9.52 Å². The second-order valence-corrected chi connectivity index (χ2v) is 9.17. The van der Waals surface area contributed by atoms with Crippen molar-refractivity contribution in [2.24, 2.45) is 0 Å². The monoisotopic (exact) mass is 450 g/mol. The van der Waals surface area contributed by atoms with Crippen molar-refractivity contribution < 1.29 is 17.6 Å². The Hall–Kier alpha value is -2.42. The quantitative estimate of drug-likeness (QED) is 0.472. The molecule has 0 aliphatic carbocycles. The number of halogens is 1. The van der Waals surface area contributed by atoms with Crippen LogP contribution in [0.2, 0.25) is 5.02 Å². The van der Waals surface area contributed by atoms with Crippen molar-refractivity contribution in [1.29, 1.82) is 0 Å². The van der Waals surface area contributed by atoms with E-state index in [-0.39, 0.29) is 21.4 Å². The maximum absolute atomic E-state index is 12.7. The summed E-state index contributed by atoms with van der Waals surface area (Å²) < 4.78 is 33.0. The van der Waals surface area contributed by atoms with Crippen LogP contribution in [0.1, 0.15) is 16.1 Å². The summed E-state index contributed by atoms with van der Waals surface area (Å²) in [6, 6.07) is 16.4. The molecule has 3 rings (SSSR count). The predicted octanol–water partition coefficient (Wildman–Crippen LogP) is 4.40. The molecule has 6 nitrogen and oxygen atoms in total. The van der Waals surface area contributed by atoms with E-state index in [0.717, 1.165) is 11.5 Å². The summed E-state index contributed by atoms with van der Waals surface area (Å²) in [5.41, 5.74) is 0.630. The van der Waals surface area contributed by atoms with E-state index in [9.17, 15) is 13.2 Å². The molecule has 0 bridgehead atoms. The Morgan fingerprint density at radius 2 is 1.86 bits per heavy atom. The molecule has 9 heteroatoms. The molecule has 1 heterocycles. The van der Waals surface area contributed by atoms with Crippen LogP contribution in [0.4, 0.5) is 5.69 Å². The predicted molar refractivity (Wildman–Crippen MR) is 116 cm³/mol. The topological polar surface area (TPSA) is 88.4 Å². The summed E-state index contributed by atoms with van der Waals surface area (Å²) in [7, 11) is -3.93. The van der Waals surface area contributed by atoms with Crippen molar-refractivity contribution in [2.75, 3.05) is 17.0 Å². The molecule has 1 aromatic heterocycles. The minimum atomic E-state index is -3.93. The van der Waals surface area contributed by atoms with Crippen LogP contribution in [0.15, 0.2) is 76.2 Å². The van der Waals surface area contributed by atoms with Crippen LogP contribution in [-0.2, 0) is 15.8 Å². The van der Waals surface area contributed by atoms with Gasteiger partial charge >= 0.3 is 0 Å². The Balaban J connectivity index is 1.61. The van der Waals surface area contributed by atoms with Crippen molar-refractivity contribution in [3.8, 4) is 0 Å². The number of hydrogen-bond acceptors (Lipinski definition) is 5. The molecule has 0 fully saturated rings. The number of amides is 1. The number of sulfonamides is 1. The molecule has 0 radical (unpaired) electrons. The number of furan rings is 1. The van der Waals surface area contributed by atoms with Gasteiger partial charge in [-0.1, -0.05) is 29.8 Å². The van der Waals surface area contributed by atoms with E-state index in [1.54, 1.807) is 48.4 Å². The summed E-state index contributed by atoms with van der Waals surface area (Å²) in [5, 5.41) is 2.82. The minimum Gasteiger partial charge on any atom is -0.468 e. The van der Waals surface area contributed by atoms with E-state index in [1.165, 1.54) is 18.2 Å². The molecule has 2 aromatic carbocycles. The average molecular weight is 451 g/mol. The lowest BCUT2D eigenvalue weighted by Crippen LogP contribution is -2.26.